The van der Waals surface area contributed by atoms with Gasteiger partial charge in [0, 0.05) is 29.4 Å². The van der Waals surface area contributed by atoms with E-state index in [2.05, 4.69) is 52.2 Å². The van der Waals surface area contributed by atoms with Crippen LogP contribution >= 0.6 is 11.3 Å². The normalized spacial score (nSPS) is 11.2. The van der Waals surface area contributed by atoms with Crippen molar-refractivity contribution in [3.63, 3.8) is 0 Å². The molecule has 86 valence electrons. The molecule has 0 saturated carbocycles. The Hall–Kier alpha value is -1.65. The Morgan fingerprint density at radius 3 is 2.76 bits per heavy atom. The van der Waals surface area contributed by atoms with Crippen LogP contribution in [-0.2, 0) is 6.54 Å². The maximum Gasteiger partial charge on any atom is 0.194 e. The lowest BCUT2D eigenvalue weighted by atomic mass is 10.1. The fourth-order valence-electron chi connectivity index (χ4n) is 1.84. The van der Waals surface area contributed by atoms with E-state index in [0.29, 0.717) is 6.54 Å². The molecule has 0 fully saturated rings. The van der Waals surface area contributed by atoms with E-state index in [1.54, 1.807) is 11.3 Å². The monoisotopic (exact) mass is 243 g/mol. The van der Waals surface area contributed by atoms with Crippen LogP contribution in [0.3, 0.4) is 0 Å². The summed E-state index contributed by atoms with van der Waals surface area (Å²) in [6.45, 7) is 2.63. The van der Waals surface area contributed by atoms with Crippen molar-refractivity contribution in [1.82, 2.24) is 9.38 Å². The maximum absolute atomic E-state index is 5.69. The molecule has 0 radical (unpaired) electrons. The number of aromatic nitrogens is 2. The maximum atomic E-state index is 5.69. The standard InChI is InChI=1S/C13H13N3S/c1-9-2-4-10(5-3-9)12-7-16-11(6-14)8-17-13(16)15-12/h2-5,7-8H,6,14H2,1H3. The number of hydrogen-bond donors (Lipinski definition) is 1. The number of imidazole rings is 1. The predicted octanol–water partition coefficient (Wildman–Crippen LogP) is 2.83. The Morgan fingerprint density at radius 1 is 1.29 bits per heavy atom. The number of fused-ring (bicyclic) bond motifs is 1. The molecule has 0 bridgehead atoms. The Labute approximate surface area is 104 Å². The predicted molar refractivity (Wildman–Crippen MR) is 71.1 cm³/mol. The molecule has 3 aromatic rings. The van der Waals surface area contributed by atoms with Crippen LogP contribution in [0, 0.1) is 6.92 Å². The van der Waals surface area contributed by atoms with Gasteiger partial charge in [-0.2, -0.15) is 0 Å². The van der Waals surface area contributed by atoms with Crippen molar-refractivity contribution < 1.29 is 0 Å². The van der Waals surface area contributed by atoms with Crippen molar-refractivity contribution in [2.24, 2.45) is 5.73 Å². The molecule has 17 heavy (non-hydrogen) atoms. The van der Waals surface area contributed by atoms with E-state index in [1.807, 2.05) is 0 Å². The first kappa shape index (κ1) is 10.5. The van der Waals surface area contributed by atoms with Crippen molar-refractivity contribution in [2.75, 3.05) is 0 Å². The van der Waals surface area contributed by atoms with Crippen molar-refractivity contribution >= 4 is 16.3 Å². The summed E-state index contributed by atoms with van der Waals surface area (Å²) < 4.78 is 2.07. The van der Waals surface area contributed by atoms with E-state index in [4.69, 9.17) is 5.73 Å². The van der Waals surface area contributed by atoms with E-state index in [0.717, 1.165) is 21.9 Å². The summed E-state index contributed by atoms with van der Waals surface area (Å²) in [7, 11) is 0. The summed E-state index contributed by atoms with van der Waals surface area (Å²) in [6, 6.07) is 8.41. The molecule has 2 heterocycles. The Balaban J connectivity index is 2.11. The van der Waals surface area contributed by atoms with Crippen LogP contribution in [-0.4, -0.2) is 9.38 Å². The summed E-state index contributed by atoms with van der Waals surface area (Å²) in [4.78, 5) is 5.61. The SMILES string of the molecule is Cc1ccc(-c2cn3c(CN)csc3n2)cc1. The zero-order valence-electron chi connectivity index (χ0n) is 9.55. The lowest BCUT2D eigenvalue weighted by molar-refractivity contribution is 0.966. The van der Waals surface area contributed by atoms with Crippen LogP contribution in [0.4, 0.5) is 0 Å². The van der Waals surface area contributed by atoms with Gasteiger partial charge in [-0.25, -0.2) is 4.98 Å². The van der Waals surface area contributed by atoms with Gasteiger partial charge >= 0.3 is 0 Å². The molecular formula is C13H13N3S. The molecule has 4 heteroatoms. The van der Waals surface area contributed by atoms with Gasteiger partial charge in [0.25, 0.3) is 0 Å². The Bertz CT molecular complexity index is 649. The highest BCUT2D eigenvalue weighted by Gasteiger charge is 2.08. The fraction of sp³-hybridized carbons (Fsp3) is 0.154. The number of nitrogens with two attached hydrogens (primary N) is 1. The van der Waals surface area contributed by atoms with Crippen molar-refractivity contribution in [3.05, 3.63) is 47.1 Å². The van der Waals surface area contributed by atoms with Crippen molar-refractivity contribution in [3.8, 4) is 11.3 Å². The van der Waals surface area contributed by atoms with E-state index < -0.39 is 0 Å². The second-order valence-corrected chi connectivity index (χ2v) is 4.91. The van der Waals surface area contributed by atoms with Crippen LogP contribution in [0.1, 0.15) is 11.3 Å². The van der Waals surface area contributed by atoms with Gasteiger partial charge in [-0.15, -0.1) is 11.3 Å². The molecular weight excluding hydrogens is 230 g/mol. The summed E-state index contributed by atoms with van der Waals surface area (Å²) in [6.07, 6.45) is 2.05. The highest BCUT2D eigenvalue weighted by Crippen LogP contribution is 2.23. The van der Waals surface area contributed by atoms with Gasteiger partial charge in [-0.1, -0.05) is 29.8 Å². The third-order valence-electron chi connectivity index (χ3n) is 2.84. The third kappa shape index (κ3) is 1.75. The van der Waals surface area contributed by atoms with E-state index in [-0.39, 0.29) is 0 Å². The Kier molecular flexibility index (Phi) is 2.46. The van der Waals surface area contributed by atoms with E-state index in [9.17, 15) is 0 Å². The van der Waals surface area contributed by atoms with Crippen LogP contribution in [0.25, 0.3) is 16.2 Å². The first-order chi connectivity index (χ1) is 8.28. The second kappa shape index (κ2) is 3.98. The van der Waals surface area contributed by atoms with Gasteiger partial charge < -0.3 is 5.73 Å². The molecule has 1 aromatic carbocycles. The van der Waals surface area contributed by atoms with Crippen LogP contribution in [0.15, 0.2) is 35.8 Å². The van der Waals surface area contributed by atoms with Crippen LogP contribution < -0.4 is 5.73 Å². The number of nitrogens with zero attached hydrogens (tertiary/aromatic N) is 2. The van der Waals surface area contributed by atoms with Crippen LogP contribution in [0.5, 0.6) is 0 Å². The smallest absolute Gasteiger partial charge is 0.194 e. The number of thiazole rings is 1. The van der Waals surface area contributed by atoms with Gasteiger partial charge in [0.1, 0.15) is 0 Å². The molecule has 0 atom stereocenters. The molecule has 2 aromatic heterocycles. The lowest BCUT2D eigenvalue weighted by Gasteiger charge is -1.96. The minimum absolute atomic E-state index is 0.545. The zero-order valence-corrected chi connectivity index (χ0v) is 10.4. The van der Waals surface area contributed by atoms with Gasteiger partial charge in [0.05, 0.1) is 5.69 Å². The third-order valence-corrected chi connectivity index (χ3v) is 3.73. The van der Waals surface area contributed by atoms with E-state index in [1.165, 1.54) is 5.56 Å². The molecule has 2 N–H and O–H groups in total. The topological polar surface area (TPSA) is 43.3 Å². The summed E-state index contributed by atoms with van der Waals surface area (Å²) in [5.74, 6) is 0. The molecule has 0 amide bonds. The Morgan fingerprint density at radius 2 is 2.06 bits per heavy atom. The molecule has 0 saturated heterocycles. The van der Waals surface area contributed by atoms with Gasteiger partial charge in [0.15, 0.2) is 4.96 Å². The number of hydrogen-bond acceptors (Lipinski definition) is 3. The zero-order chi connectivity index (χ0) is 11.8. The highest BCUT2D eigenvalue weighted by molar-refractivity contribution is 7.15. The molecule has 0 aliphatic heterocycles. The summed E-state index contributed by atoms with van der Waals surface area (Å²) in [5, 5.41) is 2.06. The quantitative estimate of drug-likeness (QED) is 0.752. The van der Waals surface area contributed by atoms with Crippen molar-refractivity contribution in [1.29, 1.82) is 0 Å². The largest absolute Gasteiger partial charge is 0.325 e. The summed E-state index contributed by atoms with van der Waals surface area (Å²) in [5.41, 5.74) is 10.2. The highest BCUT2D eigenvalue weighted by atomic mass is 32.1. The van der Waals surface area contributed by atoms with Gasteiger partial charge in [0.2, 0.25) is 0 Å². The first-order valence-electron chi connectivity index (χ1n) is 5.50. The average molecular weight is 243 g/mol. The van der Waals surface area contributed by atoms with Gasteiger partial charge in [-0.05, 0) is 6.92 Å². The van der Waals surface area contributed by atoms with E-state index >= 15 is 0 Å². The van der Waals surface area contributed by atoms with Gasteiger partial charge in [-0.3, -0.25) is 4.40 Å². The molecule has 3 rings (SSSR count). The first-order valence-corrected chi connectivity index (χ1v) is 6.38. The lowest BCUT2D eigenvalue weighted by Crippen LogP contribution is -1.98. The minimum Gasteiger partial charge on any atom is -0.325 e. The molecule has 0 aliphatic carbocycles. The number of benzene rings is 1. The van der Waals surface area contributed by atoms with Crippen molar-refractivity contribution in [2.45, 2.75) is 13.5 Å². The average Bonchev–Trinajstić information content (AvgIpc) is 2.89. The van der Waals surface area contributed by atoms with Crippen LogP contribution in [0.2, 0.25) is 0 Å². The summed E-state index contributed by atoms with van der Waals surface area (Å²) >= 11 is 1.63. The molecule has 0 aliphatic rings. The molecule has 3 nitrogen and oxygen atoms in total. The molecule has 0 unspecified atom stereocenters. The number of rotatable bonds is 2. The second-order valence-electron chi connectivity index (χ2n) is 4.08. The number of aryl methyl sites for hydroxylation is 1. The molecule has 0 spiro atoms. The fourth-order valence-corrected chi connectivity index (χ4v) is 2.73. The minimum atomic E-state index is 0.545.